The molecule has 0 heterocycles. The molecule has 0 spiro atoms. The first-order chi connectivity index (χ1) is 8.49. The van der Waals surface area contributed by atoms with Crippen LogP contribution in [0.1, 0.15) is 0 Å². The molecule has 2 aromatic carbocycles. The number of nitrogens with one attached hydrogen (secondary N) is 1. The third-order valence-electron chi connectivity index (χ3n) is 2.20. The Labute approximate surface area is 109 Å². The molecule has 0 aliphatic heterocycles. The molecule has 0 saturated heterocycles. The van der Waals surface area contributed by atoms with Crippen molar-refractivity contribution >= 4 is 27.3 Å². The molecule has 0 aromatic heterocycles. The van der Waals surface area contributed by atoms with Crippen molar-refractivity contribution in [3.8, 4) is 0 Å². The molecule has 18 heavy (non-hydrogen) atoms. The van der Waals surface area contributed by atoms with Crippen molar-refractivity contribution in [2.75, 3.05) is 4.72 Å². The SMILES string of the molecule is O=S(=O)(Nc1cccc(Cl)c1)c1ccccc1F. The molecule has 1 N–H and O–H groups in total. The number of sulfonamides is 1. The Hall–Kier alpha value is -1.59. The lowest BCUT2D eigenvalue weighted by atomic mass is 10.3. The molecule has 0 atom stereocenters. The minimum absolute atomic E-state index is 0.283. The van der Waals surface area contributed by atoms with Gasteiger partial charge in [-0.2, -0.15) is 0 Å². The van der Waals surface area contributed by atoms with E-state index in [9.17, 15) is 12.8 Å². The highest BCUT2D eigenvalue weighted by atomic mass is 35.5. The van der Waals surface area contributed by atoms with Crippen LogP contribution >= 0.6 is 11.6 Å². The van der Waals surface area contributed by atoms with Crippen LogP contribution in [-0.4, -0.2) is 8.42 Å². The van der Waals surface area contributed by atoms with Gasteiger partial charge in [-0.1, -0.05) is 29.8 Å². The van der Waals surface area contributed by atoms with Crippen LogP contribution in [0.3, 0.4) is 0 Å². The first kappa shape index (κ1) is 12.9. The molecule has 2 rings (SSSR count). The summed E-state index contributed by atoms with van der Waals surface area (Å²) < 4.78 is 39.6. The Balaban J connectivity index is 2.37. The van der Waals surface area contributed by atoms with Crippen molar-refractivity contribution in [2.24, 2.45) is 0 Å². The van der Waals surface area contributed by atoms with E-state index in [0.717, 1.165) is 6.07 Å². The van der Waals surface area contributed by atoms with Gasteiger partial charge >= 0.3 is 0 Å². The molecule has 0 aliphatic carbocycles. The highest BCUT2D eigenvalue weighted by Crippen LogP contribution is 2.20. The Morgan fingerprint density at radius 1 is 1.06 bits per heavy atom. The van der Waals surface area contributed by atoms with E-state index in [1.54, 1.807) is 12.1 Å². The standard InChI is InChI=1S/C12H9ClFNO2S/c13-9-4-3-5-10(8-9)15-18(16,17)12-7-2-1-6-11(12)14/h1-8,15H. The van der Waals surface area contributed by atoms with Crippen molar-refractivity contribution in [1.82, 2.24) is 0 Å². The van der Waals surface area contributed by atoms with E-state index in [0.29, 0.717) is 5.02 Å². The number of halogens is 2. The lowest BCUT2D eigenvalue weighted by Crippen LogP contribution is -2.14. The van der Waals surface area contributed by atoms with Crippen LogP contribution in [0.5, 0.6) is 0 Å². The summed E-state index contributed by atoms with van der Waals surface area (Å²) in [7, 11) is -3.94. The van der Waals surface area contributed by atoms with Gasteiger partial charge < -0.3 is 0 Å². The van der Waals surface area contributed by atoms with Gasteiger partial charge in [-0.05, 0) is 30.3 Å². The van der Waals surface area contributed by atoms with Crippen molar-refractivity contribution < 1.29 is 12.8 Å². The predicted molar refractivity (Wildman–Crippen MR) is 68.7 cm³/mol. The first-order valence-electron chi connectivity index (χ1n) is 5.02. The van der Waals surface area contributed by atoms with Gasteiger partial charge in [0.1, 0.15) is 10.7 Å². The first-order valence-corrected chi connectivity index (χ1v) is 6.88. The molecule has 0 fully saturated rings. The number of benzene rings is 2. The second-order valence-electron chi connectivity index (χ2n) is 3.55. The van der Waals surface area contributed by atoms with Crippen LogP contribution in [0.4, 0.5) is 10.1 Å². The van der Waals surface area contributed by atoms with Crippen molar-refractivity contribution in [3.05, 3.63) is 59.4 Å². The lowest BCUT2D eigenvalue weighted by Gasteiger charge is -2.08. The zero-order chi connectivity index (χ0) is 13.2. The minimum Gasteiger partial charge on any atom is -0.279 e. The predicted octanol–water partition coefficient (Wildman–Crippen LogP) is 3.28. The van der Waals surface area contributed by atoms with Crippen LogP contribution in [-0.2, 0) is 10.0 Å². The molecule has 0 aliphatic rings. The Kier molecular flexibility index (Phi) is 3.54. The number of anilines is 1. The number of rotatable bonds is 3. The van der Waals surface area contributed by atoms with Crippen LogP contribution in [0, 0.1) is 5.82 Å². The quantitative estimate of drug-likeness (QED) is 0.941. The van der Waals surface area contributed by atoms with Crippen molar-refractivity contribution in [2.45, 2.75) is 4.90 Å². The summed E-state index contributed by atoms with van der Waals surface area (Å²) in [5.74, 6) is -0.799. The van der Waals surface area contributed by atoms with E-state index < -0.39 is 20.7 Å². The van der Waals surface area contributed by atoms with Gasteiger partial charge in [0.15, 0.2) is 0 Å². The summed E-state index contributed by atoms with van der Waals surface area (Å²) in [6, 6.07) is 11.4. The Bertz CT molecular complexity index is 673. The van der Waals surface area contributed by atoms with E-state index in [1.807, 2.05) is 0 Å². The number of hydrogen-bond acceptors (Lipinski definition) is 2. The van der Waals surface area contributed by atoms with E-state index >= 15 is 0 Å². The summed E-state index contributed by atoms with van der Waals surface area (Å²) in [5, 5.41) is 0.392. The second-order valence-corrected chi connectivity index (χ2v) is 5.63. The van der Waals surface area contributed by atoms with Gasteiger partial charge in [-0.25, -0.2) is 12.8 Å². The fourth-order valence-corrected chi connectivity index (χ4v) is 2.74. The Morgan fingerprint density at radius 3 is 2.44 bits per heavy atom. The maximum atomic E-state index is 13.4. The average molecular weight is 286 g/mol. The van der Waals surface area contributed by atoms with Crippen molar-refractivity contribution in [3.63, 3.8) is 0 Å². The third kappa shape index (κ3) is 2.80. The maximum absolute atomic E-state index is 13.4. The zero-order valence-corrected chi connectivity index (χ0v) is 10.7. The van der Waals surface area contributed by atoms with E-state index in [-0.39, 0.29) is 5.69 Å². The van der Waals surface area contributed by atoms with Gasteiger partial charge in [0.05, 0.1) is 5.69 Å². The van der Waals surface area contributed by atoms with E-state index in [2.05, 4.69) is 4.72 Å². The fourth-order valence-electron chi connectivity index (χ4n) is 1.42. The highest BCUT2D eigenvalue weighted by molar-refractivity contribution is 7.92. The summed E-state index contributed by atoms with van der Waals surface area (Å²) in [4.78, 5) is -0.398. The molecule has 3 nitrogen and oxygen atoms in total. The lowest BCUT2D eigenvalue weighted by molar-refractivity contribution is 0.570. The summed E-state index contributed by atoms with van der Waals surface area (Å²) >= 11 is 5.74. The topological polar surface area (TPSA) is 46.2 Å². The zero-order valence-electron chi connectivity index (χ0n) is 9.10. The smallest absolute Gasteiger partial charge is 0.264 e. The summed E-state index contributed by atoms with van der Waals surface area (Å²) in [6.45, 7) is 0. The fraction of sp³-hybridized carbons (Fsp3) is 0. The van der Waals surface area contributed by atoms with Crippen molar-refractivity contribution in [1.29, 1.82) is 0 Å². The molecule has 2 aromatic rings. The molecule has 0 radical (unpaired) electrons. The number of hydrogen-bond donors (Lipinski definition) is 1. The maximum Gasteiger partial charge on any atom is 0.264 e. The molecule has 0 bridgehead atoms. The van der Waals surface area contributed by atoms with E-state index in [4.69, 9.17) is 11.6 Å². The third-order valence-corrected chi connectivity index (χ3v) is 3.85. The molecule has 0 amide bonds. The van der Waals surface area contributed by atoms with Crippen LogP contribution < -0.4 is 4.72 Å². The monoisotopic (exact) mass is 285 g/mol. The molecule has 6 heteroatoms. The molecule has 0 unspecified atom stereocenters. The highest BCUT2D eigenvalue weighted by Gasteiger charge is 2.18. The van der Waals surface area contributed by atoms with Gasteiger partial charge in [0, 0.05) is 5.02 Å². The largest absolute Gasteiger partial charge is 0.279 e. The normalized spacial score (nSPS) is 11.2. The average Bonchev–Trinajstić information content (AvgIpc) is 2.28. The van der Waals surface area contributed by atoms with Gasteiger partial charge in [-0.3, -0.25) is 4.72 Å². The van der Waals surface area contributed by atoms with Crippen LogP contribution in [0.2, 0.25) is 5.02 Å². The summed E-state index contributed by atoms with van der Waals surface area (Å²) in [5.41, 5.74) is 0.283. The van der Waals surface area contributed by atoms with Gasteiger partial charge in [0.2, 0.25) is 0 Å². The van der Waals surface area contributed by atoms with Gasteiger partial charge in [0.25, 0.3) is 10.0 Å². The molecule has 0 saturated carbocycles. The Morgan fingerprint density at radius 2 is 1.78 bits per heavy atom. The second kappa shape index (κ2) is 4.96. The molecular formula is C12H9ClFNO2S. The molecular weight excluding hydrogens is 277 g/mol. The minimum atomic E-state index is -3.94. The molecule has 94 valence electrons. The van der Waals surface area contributed by atoms with Gasteiger partial charge in [-0.15, -0.1) is 0 Å². The summed E-state index contributed by atoms with van der Waals surface area (Å²) in [6.07, 6.45) is 0. The van der Waals surface area contributed by atoms with Crippen LogP contribution in [0.15, 0.2) is 53.4 Å². The van der Waals surface area contributed by atoms with Crippen LogP contribution in [0.25, 0.3) is 0 Å². The van der Waals surface area contributed by atoms with E-state index in [1.165, 1.54) is 30.3 Å².